The highest BCUT2D eigenvalue weighted by atomic mass is 19.4. The first-order valence-electron chi connectivity index (χ1n) is 8.93. The average Bonchev–Trinajstić information content (AvgIpc) is 3.29. The number of halogens is 4. The third-order valence-electron chi connectivity index (χ3n) is 4.10. The molecule has 1 aliphatic heterocycles. The molecular weight excluding hydrogens is 438 g/mol. The molecule has 2 heterocycles. The number of aromatic amines is 1. The zero-order chi connectivity index (χ0) is 23.3. The Morgan fingerprint density at radius 2 is 1.81 bits per heavy atom. The number of nitrogens with zero attached hydrogens (tertiary/aromatic N) is 1. The van der Waals surface area contributed by atoms with E-state index in [2.05, 4.69) is 15.5 Å². The fraction of sp³-hybridized carbons (Fsp3) is 0.150. The number of rotatable bonds is 3. The van der Waals surface area contributed by atoms with Gasteiger partial charge in [-0.05, 0) is 29.8 Å². The van der Waals surface area contributed by atoms with Crippen LogP contribution in [0.1, 0.15) is 0 Å². The van der Waals surface area contributed by atoms with Gasteiger partial charge in [-0.1, -0.05) is 18.2 Å². The predicted octanol–water partition coefficient (Wildman–Crippen LogP) is 3.63. The molecule has 3 N–H and O–H groups in total. The number of nitrogens with one attached hydrogen (secondary N) is 2. The van der Waals surface area contributed by atoms with E-state index in [1.165, 1.54) is 12.1 Å². The van der Waals surface area contributed by atoms with Crippen molar-refractivity contribution in [3.05, 3.63) is 60.7 Å². The summed E-state index contributed by atoms with van der Waals surface area (Å²) in [5.74, 6) is -2.69. The van der Waals surface area contributed by atoms with E-state index in [-0.39, 0.29) is 12.3 Å². The quantitative estimate of drug-likeness (QED) is 0.522. The number of carboxylic acid groups (broad SMARTS) is 1. The molecule has 3 aromatic rings. The van der Waals surface area contributed by atoms with Crippen molar-refractivity contribution in [2.75, 3.05) is 11.9 Å². The first kappa shape index (κ1) is 22.6. The molecule has 2 aromatic carbocycles. The van der Waals surface area contributed by atoms with Gasteiger partial charge in [0.05, 0.1) is 11.9 Å². The molecule has 32 heavy (non-hydrogen) atoms. The second kappa shape index (κ2) is 9.37. The Hall–Kier alpha value is -4.09. The summed E-state index contributed by atoms with van der Waals surface area (Å²) in [5.41, 5.74) is 1.51. The third kappa shape index (κ3) is 5.53. The highest BCUT2D eigenvalue weighted by Gasteiger charge is 2.38. The van der Waals surface area contributed by atoms with Gasteiger partial charge in [-0.2, -0.15) is 18.3 Å². The van der Waals surface area contributed by atoms with Gasteiger partial charge < -0.3 is 19.9 Å². The van der Waals surface area contributed by atoms with Crippen LogP contribution in [0, 0.1) is 5.82 Å². The largest absolute Gasteiger partial charge is 0.490 e. The highest BCUT2D eigenvalue weighted by molar-refractivity contribution is 5.95. The van der Waals surface area contributed by atoms with Crippen LogP contribution in [-0.4, -0.2) is 46.1 Å². The van der Waals surface area contributed by atoms with E-state index in [4.69, 9.17) is 19.4 Å². The molecule has 1 unspecified atom stereocenters. The maximum atomic E-state index is 14.3. The number of ether oxygens (including phenoxy) is 2. The molecule has 1 atom stereocenters. The fourth-order valence-electron chi connectivity index (χ4n) is 2.57. The first-order valence-corrected chi connectivity index (χ1v) is 8.93. The third-order valence-corrected chi connectivity index (χ3v) is 4.10. The lowest BCUT2D eigenvalue weighted by Gasteiger charge is -2.25. The molecule has 4 rings (SSSR count). The van der Waals surface area contributed by atoms with Crippen LogP contribution in [0.5, 0.6) is 11.5 Å². The Balaban J connectivity index is 0.000000360. The van der Waals surface area contributed by atoms with Gasteiger partial charge in [0.2, 0.25) is 6.10 Å². The van der Waals surface area contributed by atoms with E-state index in [1.807, 2.05) is 6.07 Å². The lowest BCUT2D eigenvalue weighted by molar-refractivity contribution is -0.192. The first-order chi connectivity index (χ1) is 15.1. The number of fused-ring (bicyclic) bond motifs is 1. The number of anilines is 1. The molecule has 0 saturated heterocycles. The monoisotopic (exact) mass is 453 g/mol. The number of alkyl halides is 3. The Bertz CT molecular complexity index is 1100. The van der Waals surface area contributed by atoms with Crippen molar-refractivity contribution in [2.24, 2.45) is 0 Å². The average molecular weight is 453 g/mol. The minimum absolute atomic E-state index is 0.0670. The van der Waals surface area contributed by atoms with Crippen LogP contribution < -0.4 is 14.8 Å². The summed E-state index contributed by atoms with van der Waals surface area (Å²) in [4.78, 5) is 21.2. The number of hydrogen-bond donors (Lipinski definition) is 3. The van der Waals surface area contributed by atoms with Crippen LogP contribution >= 0.6 is 0 Å². The number of hydrogen-bond acceptors (Lipinski definition) is 5. The molecular formula is C20H15F4N3O5. The minimum Gasteiger partial charge on any atom is -0.485 e. The second-order valence-corrected chi connectivity index (χ2v) is 6.34. The van der Waals surface area contributed by atoms with E-state index in [1.54, 1.807) is 36.7 Å². The van der Waals surface area contributed by atoms with Gasteiger partial charge in [-0.15, -0.1) is 0 Å². The van der Waals surface area contributed by atoms with Crippen LogP contribution in [0.3, 0.4) is 0 Å². The van der Waals surface area contributed by atoms with Gasteiger partial charge in [-0.3, -0.25) is 9.89 Å². The molecule has 0 bridgehead atoms. The highest BCUT2D eigenvalue weighted by Crippen LogP contribution is 2.31. The van der Waals surface area contributed by atoms with Crippen molar-refractivity contribution < 1.29 is 41.7 Å². The number of aromatic nitrogens is 2. The number of benzene rings is 2. The van der Waals surface area contributed by atoms with Gasteiger partial charge in [0.25, 0.3) is 5.91 Å². The topological polar surface area (TPSA) is 114 Å². The molecule has 1 aromatic heterocycles. The van der Waals surface area contributed by atoms with Gasteiger partial charge in [0.15, 0.2) is 11.5 Å². The smallest absolute Gasteiger partial charge is 0.485 e. The maximum absolute atomic E-state index is 14.3. The summed E-state index contributed by atoms with van der Waals surface area (Å²) in [7, 11) is 0. The summed E-state index contributed by atoms with van der Waals surface area (Å²) in [5, 5.41) is 16.2. The summed E-state index contributed by atoms with van der Waals surface area (Å²) >= 11 is 0. The molecule has 12 heteroatoms. The van der Waals surface area contributed by atoms with Crippen molar-refractivity contribution in [3.63, 3.8) is 0 Å². The number of amides is 1. The molecule has 0 fully saturated rings. The van der Waals surface area contributed by atoms with Crippen LogP contribution in [0.2, 0.25) is 0 Å². The Labute approximate surface area is 177 Å². The van der Waals surface area contributed by atoms with E-state index in [9.17, 15) is 22.4 Å². The number of carbonyl (C=O) groups excluding carboxylic acids is 1. The van der Waals surface area contributed by atoms with Crippen molar-refractivity contribution in [1.29, 1.82) is 0 Å². The van der Waals surface area contributed by atoms with Gasteiger partial charge in [0, 0.05) is 11.8 Å². The lowest BCUT2D eigenvalue weighted by Crippen LogP contribution is -2.40. The molecule has 0 saturated carbocycles. The summed E-state index contributed by atoms with van der Waals surface area (Å²) in [6.07, 6.45) is -2.67. The molecule has 0 radical (unpaired) electrons. The number of carboxylic acids is 1. The van der Waals surface area contributed by atoms with Crippen molar-refractivity contribution in [2.45, 2.75) is 12.3 Å². The van der Waals surface area contributed by atoms with Crippen LogP contribution in [0.25, 0.3) is 11.1 Å². The number of carbonyl (C=O) groups is 2. The Morgan fingerprint density at radius 1 is 1.12 bits per heavy atom. The Kier molecular flexibility index (Phi) is 6.61. The van der Waals surface area contributed by atoms with Crippen LogP contribution in [0.4, 0.5) is 23.2 Å². The molecule has 8 nitrogen and oxygen atoms in total. The lowest BCUT2D eigenvalue weighted by atomic mass is 10.1. The fourth-order valence-corrected chi connectivity index (χ4v) is 2.57. The van der Waals surface area contributed by atoms with Gasteiger partial charge in [-0.25, -0.2) is 9.18 Å². The number of aliphatic carboxylic acids is 1. The summed E-state index contributed by atoms with van der Waals surface area (Å²) < 4.78 is 57.1. The Morgan fingerprint density at radius 3 is 2.41 bits per heavy atom. The van der Waals surface area contributed by atoms with Crippen molar-refractivity contribution >= 4 is 17.6 Å². The molecule has 168 valence electrons. The van der Waals surface area contributed by atoms with Crippen molar-refractivity contribution in [1.82, 2.24) is 10.2 Å². The van der Waals surface area contributed by atoms with E-state index < -0.39 is 30.0 Å². The summed E-state index contributed by atoms with van der Waals surface area (Å²) in [6, 6.07) is 11.6. The van der Waals surface area contributed by atoms with E-state index in [0.29, 0.717) is 17.1 Å². The SMILES string of the molecule is O=C(Nc1ccc(-c2cn[nH]c2)cc1F)C1COc2ccccc2O1.O=C(O)C(F)(F)F. The number of H-pyrrole nitrogens is 1. The van der Waals surface area contributed by atoms with Crippen LogP contribution in [-0.2, 0) is 9.59 Å². The van der Waals surface area contributed by atoms with Crippen molar-refractivity contribution in [3.8, 4) is 22.6 Å². The second-order valence-electron chi connectivity index (χ2n) is 6.34. The minimum atomic E-state index is -5.08. The van der Waals surface area contributed by atoms with Crippen LogP contribution in [0.15, 0.2) is 54.9 Å². The predicted molar refractivity (Wildman–Crippen MR) is 103 cm³/mol. The summed E-state index contributed by atoms with van der Waals surface area (Å²) in [6.45, 7) is 0.0670. The molecule has 1 amide bonds. The zero-order valence-electron chi connectivity index (χ0n) is 16.0. The zero-order valence-corrected chi connectivity index (χ0v) is 16.0. The van der Waals surface area contributed by atoms with Gasteiger partial charge >= 0.3 is 12.1 Å². The van der Waals surface area contributed by atoms with Gasteiger partial charge in [0.1, 0.15) is 12.4 Å². The molecule has 0 aliphatic carbocycles. The van der Waals surface area contributed by atoms with E-state index >= 15 is 0 Å². The molecule has 0 spiro atoms. The molecule has 1 aliphatic rings. The normalized spacial score (nSPS) is 14.7. The maximum Gasteiger partial charge on any atom is 0.490 e. The number of para-hydroxylation sites is 2. The standard InChI is InChI=1S/C18H14FN3O3.C2HF3O2/c19-13-7-11(12-8-20-21-9-12)5-6-14(13)22-18(23)17-10-24-15-3-1-2-4-16(15)25-17;3-2(4,5)1(6)7/h1-9,17H,10H2,(H,20,21)(H,22,23);(H,6,7). The van der Waals surface area contributed by atoms with E-state index in [0.717, 1.165) is 5.56 Å².